The second-order valence-electron chi connectivity index (χ2n) is 5.19. The molecule has 1 aromatic heterocycles. The summed E-state index contributed by atoms with van der Waals surface area (Å²) in [6.07, 6.45) is 3.10. The van der Waals surface area contributed by atoms with Crippen molar-refractivity contribution in [3.8, 4) is 0 Å². The molecule has 1 aromatic carbocycles. The summed E-state index contributed by atoms with van der Waals surface area (Å²) in [5, 5.41) is 10.1. The third kappa shape index (κ3) is 2.45. The van der Waals surface area contributed by atoms with Gasteiger partial charge in [-0.05, 0) is 48.7 Å². The molecule has 0 fully saturated rings. The van der Waals surface area contributed by atoms with Crippen molar-refractivity contribution >= 4 is 34.6 Å². The summed E-state index contributed by atoms with van der Waals surface area (Å²) >= 11 is 3.49. The van der Waals surface area contributed by atoms with E-state index < -0.39 is 0 Å². The van der Waals surface area contributed by atoms with Crippen LogP contribution in [0.5, 0.6) is 0 Å². The molecule has 0 spiro atoms. The van der Waals surface area contributed by atoms with Crippen molar-refractivity contribution in [1.29, 1.82) is 5.41 Å². The second-order valence-corrected chi connectivity index (χ2v) is 7.04. The summed E-state index contributed by atoms with van der Waals surface area (Å²) in [5.74, 6) is 0.151. The zero-order chi connectivity index (χ0) is 15.0. The van der Waals surface area contributed by atoms with Gasteiger partial charge in [0.25, 0.3) is 0 Å². The number of hydrogen-bond donors (Lipinski definition) is 2. The number of benzene rings is 1. The number of nitrogens with zero attached hydrogens (tertiary/aromatic N) is 1. The zero-order valence-electron chi connectivity index (χ0n) is 12.2. The lowest BCUT2D eigenvalue weighted by Crippen LogP contribution is -2.34. The van der Waals surface area contributed by atoms with Crippen LogP contribution in [0.2, 0.25) is 0 Å². The summed E-state index contributed by atoms with van der Waals surface area (Å²) in [7, 11) is 0. The molecule has 2 heterocycles. The molecule has 3 rings (SSSR count). The minimum atomic E-state index is 0.151. The van der Waals surface area contributed by atoms with Crippen LogP contribution in [0.25, 0.3) is 0 Å². The summed E-state index contributed by atoms with van der Waals surface area (Å²) in [5.41, 5.74) is 9.23. The van der Waals surface area contributed by atoms with Crippen molar-refractivity contribution in [1.82, 2.24) is 0 Å². The van der Waals surface area contributed by atoms with E-state index in [2.05, 4.69) is 35.4 Å². The lowest BCUT2D eigenvalue weighted by molar-refractivity contribution is 0.632. The van der Waals surface area contributed by atoms with Crippen molar-refractivity contribution in [2.75, 3.05) is 17.7 Å². The van der Waals surface area contributed by atoms with Crippen LogP contribution in [0.3, 0.4) is 0 Å². The molecule has 1 unspecified atom stereocenters. The van der Waals surface area contributed by atoms with E-state index in [-0.39, 0.29) is 5.84 Å². The third-order valence-electron chi connectivity index (χ3n) is 4.08. The van der Waals surface area contributed by atoms with Crippen LogP contribution in [0.1, 0.15) is 29.0 Å². The van der Waals surface area contributed by atoms with Crippen molar-refractivity contribution in [3.05, 3.63) is 45.6 Å². The Morgan fingerprint density at radius 3 is 2.95 bits per heavy atom. The molecule has 0 amide bonds. The predicted octanol–water partition coefficient (Wildman–Crippen LogP) is 3.88. The summed E-state index contributed by atoms with van der Waals surface area (Å²) in [6.45, 7) is 3.22. The Kier molecular flexibility index (Phi) is 3.95. The van der Waals surface area contributed by atoms with E-state index in [0.29, 0.717) is 6.04 Å². The highest BCUT2D eigenvalue weighted by molar-refractivity contribution is 7.98. The van der Waals surface area contributed by atoms with Crippen LogP contribution in [0.4, 0.5) is 5.69 Å². The van der Waals surface area contributed by atoms with Crippen molar-refractivity contribution < 1.29 is 0 Å². The lowest BCUT2D eigenvalue weighted by atomic mass is 9.99. The topological polar surface area (TPSA) is 53.1 Å². The van der Waals surface area contributed by atoms with E-state index in [1.54, 1.807) is 11.8 Å². The van der Waals surface area contributed by atoms with E-state index in [4.69, 9.17) is 11.1 Å². The fraction of sp³-hybridized carbons (Fsp3) is 0.312. The maximum atomic E-state index is 7.96. The summed E-state index contributed by atoms with van der Waals surface area (Å²) in [4.78, 5) is 4.94. The van der Waals surface area contributed by atoms with Gasteiger partial charge < -0.3 is 10.6 Å². The van der Waals surface area contributed by atoms with Gasteiger partial charge in [-0.25, -0.2) is 0 Å². The van der Waals surface area contributed by atoms with Crippen LogP contribution in [0.15, 0.2) is 34.5 Å². The Hall–Kier alpha value is -1.46. The van der Waals surface area contributed by atoms with Crippen LogP contribution in [-0.4, -0.2) is 18.6 Å². The number of anilines is 1. The van der Waals surface area contributed by atoms with Gasteiger partial charge in [-0.3, -0.25) is 5.41 Å². The van der Waals surface area contributed by atoms with Crippen molar-refractivity contribution in [2.45, 2.75) is 24.3 Å². The average molecular weight is 317 g/mol. The molecule has 0 bridgehead atoms. The first-order valence-electron chi connectivity index (χ1n) is 6.97. The number of nitrogens with one attached hydrogen (secondary N) is 1. The quantitative estimate of drug-likeness (QED) is 0.513. The predicted molar refractivity (Wildman–Crippen MR) is 93.0 cm³/mol. The van der Waals surface area contributed by atoms with Gasteiger partial charge in [-0.1, -0.05) is 6.07 Å². The van der Waals surface area contributed by atoms with Gasteiger partial charge in [0.2, 0.25) is 0 Å². The zero-order valence-corrected chi connectivity index (χ0v) is 13.9. The molecule has 1 aliphatic rings. The molecule has 2 aromatic rings. The maximum absolute atomic E-state index is 7.96. The maximum Gasteiger partial charge on any atom is 0.126 e. The average Bonchev–Trinajstić information content (AvgIpc) is 2.96. The number of fused-ring (bicyclic) bond motifs is 1. The molecular formula is C16H19N3S2. The number of thioether (sulfide) groups is 1. The van der Waals surface area contributed by atoms with Gasteiger partial charge in [0, 0.05) is 22.0 Å². The normalized spacial score (nSPS) is 17.6. The molecule has 1 atom stereocenters. The summed E-state index contributed by atoms with van der Waals surface area (Å²) < 4.78 is 0. The van der Waals surface area contributed by atoms with Crippen molar-refractivity contribution in [2.24, 2.45) is 5.73 Å². The van der Waals surface area contributed by atoms with Gasteiger partial charge in [0.15, 0.2) is 0 Å². The smallest absolute Gasteiger partial charge is 0.126 e. The number of nitrogens with two attached hydrogens (primary N) is 1. The number of rotatable bonds is 3. The molecule has 110 valence electrons. The van der Waals surface area contributed by atoms with E-state index in [9.17, 15) is 0 Å². The Morgan fingerprint density at radius 2 is 2.24 bits per heavy atom. The van der Waals surface area contributed by atoms with E-state index >= 15 is 0 Å². The Labute approximate surface area is 133 Å². The van der Waals surface area contributed by atoms with Crippen molar-refractivity contribution in [3.63, 3.8) is 0 Å². The number of amidine groups is 1. The Morgan fingerprint density at radius 1 is 1.43 bits per heavy atom. The van der Waals surface area contributed by atoms with Crippen LogP contribution < -0.4 is 10.6 Å². The van der Waals surface area contributed by atoms with Crippen LogP contribution >= 0.6 is 23.1 Å². The highest BCUT2D eigenvalue weighted by atomic mass is 32.2. The van der Waals surface area contributed by atoms with Gasteiger partial charge in [0.05, 0.1) is 11.6 Å². The second kappa shape index (κ2) is 5.73. The molecule has 21 heavy (non-hydrogen) atoms. The first-order valence-corrected chi connectivity index (χ1v) is 9.08. The molecule has 0 saturated carbocycles. The molecular weight excluding hydrogens is 298 g/mol. The highest BCUT2D eigenvalue weighted by Gasteiger charge is 2.27. The minimum Gasteiger partial charge on any atom is -0.384 e. The van der Waals surface area contributed by atoms with Crippen LogP contribution in [0, 0.1) is 5.41 Å². The molecule has 0 radical (unpaired) electrons. The van der Waals surface area contributed by atoms with Gasteiger partial charge in [-0.15, -0.1) is 23.1 Å². The first kappa shape index (κ1) is 14.5. The third-order valence-corrected chi connectivity index (χ3v) is 5.86. The monoisotopic (exact) mass is 317 g/mol. The molecule has 5 heteroatoms. The molecule has 0 aliphatic carbocycles. The number of hydrogen-bond acceptors (Lipinski definition) is 4. The molecule has 0 saturated heterocycles. The Balaban J connectivity index is 2.08. The largest absolute Gasteiger partial charge is 0.384 e. The fourth-order valence-electron chi connectivity index (χ4n) is 3.04. The van der Waals surface area contributed by atoms with Gasteiger partial charge >= 0.3 is 0 Å². The van der Waals surface area contributed by atoms with E-state index in [1.165, 1.54) is 10.4 Å². The number of nitrogen functional groups attached to an aromatic ring is 1. The fourth-order valence-corrected chi connectivity index (χ4v) is 4.63. The minimum absolute atomic E-state index is 0.151. The van der Waals surface area contributed by atoms with Gasteiger partial charge in [-0.2, -0.15) is 0 Å². The van der Waals surface area contributed by atoms with E-state index in [0.717, 1.165) is 29.1 Å². The van der Waals surface area contributed by atoms with E-state index in [1.807, 2.05) is 23.7 Å². The van der Waals surface area contributed by atoms with Gasteiger partial charge in [0.1, 0.15) is 5.84 Å². The number of thiophene rings is 1. The molecule has 1 aliphatic heterocycles. The first-order chi connectivity index (χ1) is 10.1. The highest BCUT2D eigenvalue weighted by Crippen LogP contribution is 2.39. The summed E-state index contributed by atoms with van der Waals surface area (Å²) in [6, 6.07) is 8.74. The SMILES string of the molecule is CSc1cccc(N2CCc3sccc3C2C)c1C(=N)N. The molecule has 3 nitrogen and oxygen atoms in total. The standard InChI is InChI=1S/C16H19N3S2/c1-10-11-7-9-21-13(11)6-8-19(10)12-4-3-5-14(20-2)15(12)16(17)18/h3-5,7,9-10H,6,8H2,1-2H3,(H3,17,18). The lowest BCUT2D eigenvalue weighted by Gasteiger charge is -2.37. The molecule has 3 N–H and O–H groups in total. The Bertz CT molecular complexity index is 678. The van der Waals surface area contributed by atoms with Crippen LogP contribution in [-0.2, 0) is 6.42 Å².